The van der Waals surface area contributed by atoms with Crippen LogP contribution in [0, 0.1) is 0 Å². The normalized spacial score (nSPS) is 10.2. The van der Waals surface area contributed by atoms with E-state index in [1.165, 1.54) is 19.3 Å². The summed E-state index contributed by atoms with van der Waals surface area (Å²) in [5.74, 6) is 0. The van der Waals surface area contributed by atoms with Crippen LogP contribution in [0.1, 0.15) is 30.7 Å². The van der Waals surface area contributed by atoms with E-state index in [0.717, 1.165) is 0 Å². The van der Waals surface area contributed by atoms with E-state index in [1.807, 2.05) is 11.3 Å². The van der Waals surface area contributed by atoms with Crippen molar-refractivity contribution in [1.82, 2.24) is 0 Å². The average Bonchev–Trinajstić information content (AvgIpc) is 2.36. The molecular formula is C9H14S. The molecule has 0 N–H and O–H groups in total. The van der Waals surface area contributed by atoms with Crippen LogP contribution >= 0.6 is 11.3 Å². The van der Waals surface area contributed by atoms with Gasteiger partial charge in [-0.15, -0.1) is 11.3 Å². The van der Waals surface area contributed by atoms with Crippen molar-refractivity contribution in [3.63, 3.8) is 0 Å². The molecule has 0 saturated carbocycles. The summed E-state index contributed by atoms with van der Waals surface area (Å²) in [5, 5.41) is 2.20. The summed E-state index contributed by atoms with van der Waals surface area (Å²) in [6.45, 7) is 4.46. The van der Waals surface area contributed by atoms with Crippen molar-refractivity contribution < 1.29 is 0 Å². The van der Waals surface area contributed by atoms with Gasteiger partial charge in [0.25, 0.3) is 0 Å². The van der Waals surface area contributed by atoms with E-state index in [4.69, 9.17) is 0 Å². The Balaban J connectivity index is 2.70. The first kappa shape index (κ1) is 7.80. The maximum absolute atomic E-state index is 2.25. The van der Waals surface area contributed by atoms with Crippen LogP contribution in [0.4, 0.5) is 0 Å². The third kappa shape index (κ3) is 1.60. The first-order valence-electron chi connectivity index (χ1n) is 3.93. The number of hydrogen-bond donors (Lipinski definition) is 0. The van der Waals surface area contributed by atoms with Gasteiger partial charge < -0.3 is 0 Å². The Morgan fingerprint density at radius 1 is 1.40 bits per heavy atom. The minimum Gasteiger partial charge on any atom is -0.149 e. The average molecular weight is 154 g/mol. The van der Waals surface area contributed by atoms with Gasteiger partial charge in [0.1, 0.15) is 0 Å². The zero-order chi connectivity index (χ0) is 7.40. The topological polar surface area (TPSA) is 0 Å². The van der Waals surface area contributed by atoms with E-state index in [-0.39, 0.29) is 0 Å². The van der Waals surface area contributed by atoms with Gasteiger partial charge in [0.05, 0.1) is 0 Å². The quantitative estimate of drug-likeness (QED) is 0.627. The summed E-state index contributed by atoms with van der Waals surface area (Å²) in [6, 6.07) is 2.25. The van der Waals surface area contributed by atoms with Gasteiger partial charge in [-0.1, -0.05) is 20.3 Å². The van der Waals surface area contributed by atoms with Crippen LogP contribution in [-0.2, 0) is 12.8 Å². The first-order chi connectivity index (χ1) is 4.88. The molecule has 0 fully saturated rings. The molecule has 1 heteroatoms. The molecule has 0 aliphatic carbocycles. The van der Waals surface area contributed by atoms with Crippen LogP contribution < -0.4 is 0 Å². The molecule has 0 aliphatic rings. The molecule has 0 nitrogen and oxygen atoms in total. The van der Waals surface area contributed by atoms with E-state index in [9.17, 15) is 0 Å². The summed E-state index contributed by atoms with van der Waals surface area (Å²) >= 11 is 1.90. The SMILES string of the molecule is CCCc1sccc1CC. The van der Waals surface area contributed by atoms with Crippen molar-refractivity contribution in [3.05, 3.63) is 21.9 Å². The highest BCUT2D eigenvalue weighted by Gasteiger charge is 1.98. The molecule has 0 radical (unpaired) electrons. The van der Waals surface area contributed by atoms with Gasteiger partial charge in [-0.25, -0.2) is 0 Å². The molecule has 1 rings (SSSR count). The number of thiophene rings is 1. The molecular weight excluding hydrogens is 140 g/mol. The van der Waals surface area contributed by atoms with Gasteiger partial charge in [-0.2, -0.15) is 0 Å². The summed E-state index contributed by atoms with van der Waals surface area (Å²) in [6.07, 6.45) is 3.73. The van der Waals surface area contributed by atoms with Gasteiger partial charge in [-0.05, 0) is 29.9 Å². The second-order valence-corrected chi connectivity index (χ2v) is 3.47. The fourth-order valence-corrected chi connectivity index (χ4v) is 2.21. The fraction of sp³-hybridized carbons (Fsp3) is 0.556. The molecule has 0 atom stereocenters. The summed E-state index contributed by atoms with van der Waals surface area (Å²) in [5.41, 5.74) is 1.55. The smallest absolute Gasteiger partial charge is 0.00770 e. The molecule has 1 heterocycles. The van der Waals surface area contributed by atoms with Gasteiger partial charge in [0.15, 0.2) is 0 Å². The minimum atomic E-state index is 1.19. The van der Waals surface area contributed by atoms with E-state index in [1.54, 1.807) is 10.4 Å². The molecule has 0 unspecified atom stereocenters. The highest BCUT2D eigenvalue weighted by molar-refractivity contribution is 7.10. The third-order valence-corrected chi connectivity index (χ3v) is 2.72. The number of aryl methyl sites for hydroxylation is 2. The molecule has 0 amide bonds. The third-order valence-electron chi connectivity index (χ3n) is 1.70. The Bertz CT molecular complexity index is 188. The number of rotatable bonds is 3. The van der Waals surface area contributed by atoms with Gasteiger partial charge in [0, 0.05) is 4.88 Å². The monoisotopic (exact) mass is 154 g/mol. The van der Waals surface area contributed by atoms with Crippen molar-refractivity contribution in [2.45, 2.75) is 33.1 Å². The van der Waals surface area contributed by atoms with E-state index in [0.29, 0.717) is 0 Å². The van der Waals surface area contributed by atoms with Crippen LogP contribution in [-0.4, -0.2) is 0 Å². The fourth-order valence-electron chi connectivity index (χ4n) is 1.13. The lowest BCUT2D eigenvalue weighted by atomic mass is 10.1. The Morgan fingerprint density at radius 3 is 2.80 bits per heavy atom. The second kappa shape index (κ2) is 3.77. The van der Waals surface area contributed by atoms with Crippen molar-refractivity contribution in [2.75, 3.05) is 0 Å². The van der Waals surface area contributed by atoms with Crippen LogP contribution in [0.5, 0.6) is 0 Å². The molecule has 0 aliphatic heterocycles. The van der Waals surface area contributed by atoms with E-state index < -0.39 is 0 Å². The molecule has 0 saturated heterocycles. The van der Waals surface area contributed by atoms with E-state index >= 15 is 0 Å². The van der Waals surface area contributed by atoms with Crippen molar-refractivity contribution in [1.29, 1.82) is 0 Å². The van der Waals surface area contributed by atoms with Crippen LogP contribution in [0.25, 0.3) is 0 Å². The van der Waals surface area contributed by atoms with Crippen LogP contribution in [0.2, 0.25) is 0 Å². The largest absolute Gasteiger partial charge is 0.149 e. The Labute approximate surface area is 66.9 Å². The zero-order valence-corrected chi connectivity index (χ0v) is 7.50. The maximum atomic E-state index is 2.25. The Morgan fingerprint density at radius 2 is 2.20 bits per heavy atom. The van der Waals surface area contributed by atoms with Crippen molar-refractivity contribution in [3.8, 4) is 0 Å². The first-order valence-corrected chi connectivity index (χ1v) is 4.81. The molecule has 56 valence electrons. The molecule has 0 bridgehead atoms. The zero-order valence-electron chi connectivity index (χ0n) is 6.68. The molecule has 1 aromatic rings. The lowest BCUT2D eigenvalue weighted by Crippen LogP contribution is -1.83. The summed E-state index contributed by atoms with van der Waals surface area (Å²) < 4.78 is 0. The van der Waals surface area contributed by atoms with E-state index in [2.05, 4.69) is 25.3 Å². The number of hydrogen-bond acceptors (Lipinski definition) is 1. The van der Waals surface area contributed by atoms with Gasteiger partial charge >= 0.3 is 0 Å². The molecule has 10 heavy (non-hydrogen) atoms. The van der Waals surface area contributed by atoms with Crippen molar-refractivity contribution in [2.24, 2.45) is 0 Å². The molecule has 0 aromatic carbocycles. The van der Waals surface area contributed by atoms with Crippen LogP contribution in [0.15, 0.2) is 11.4 Å². The molecule has 1 aromatic heterocycles. The highest BCUT2D eigenvalue weighted by Crippen LogP contribution is 2.18. The molecule has 0 spiro atoms. The predicted octanol–water partition coefficient (Wildman–Crippen LogP) is 3.26. The Hall–Kier alpha value is -0.300. The lowest BCUT2D eigenvalue weighted by molar-refractivity contribution is 0.921. The predicted molar refractivity (Wildman–Crippen MR) is 47.7 cm³/mol. The lowest BCUT2D eigenvalue weighted by Gasteiger charge is -1.96. The minimum absolute atomic E-state index is 1.19. The standard InChI is InChI=1S/C9H14S/c1-3-5-9-8(4-2)6-7-10-9/h6-7H,3-5H2,1-2H3. The van der Waals surface area contributed by atoms with Crippen LogP contribution in [0.3, 0.4) is 0 Å². The van der Waals surface area contributed by atoms with Gasteiger partial charge in [-0.3, -0.25) is 0 Å². The second-order valence-electron chi connectivity index (χ2n) is 2.47. The Kier molecular flexibility index (Phi) is 2.94. The summed E-state index contributed by atoms with van der Waals surface area (Å²) in [4.78, 5) is 1.59. The van der Waals surface area contributed by atoms with Gasteiger partial charge in [0.2, 0.25) is 0 Å². The summed E-state index contributed by atoms with van der Waals surface area (Å²) in [7, 11) is 0. The maximum Gasteiger partial charge on any atom is 0.00770 e. The van der Waals surface area contributed by atoms with Crippen molar-refractivity contribution >= 4 is 11.3 Å². The highest BCUT2D eigenvalue weighted by atomic mass is 32.1.